The average Bonchev–Trinajstić information content (AvgIpc) is 3.09. The van der Waals surface area contributed by atoms with Gasteiger partial charge >= 0.3 is 0 Å². The summed E-state index contributed by atoms with van der Waals surface area (Å²) in [4.78, 5) is 33.1. The Morgan fingerprint density at radius 3 is 3.00 bits per heavy atom. The van der Waals surface area contributed by atoms with Gasteiger partial charge in [-0.05, 0) is 12.1 Å². The molecule has 8 heteroatoms. The van der Waals surface area contributed by atoms with Gasteiger partial charge in [-0.15, -0.1) is 17.9 Å². The van der Waals surface area contributed by atoms with Crippen LogP contribution in [0.4, 0.5) is 5.13 Å². The molecule has 122 valence electrons. The molecule has 0 spiro atoms. The second-order valence-electron chi connectivity index (χ2n) is 4.79. The van der Waals surface area contributed by atoms with Crippen LogP contribution in [-0.2, 0) is 11.3 Å². The first kappa shape index (κ1) is 16.4. The Balaban J connectivity index is 1.85. The Morgan fingerprint density at radius 1 is 1.42 bits per heavy atom. The summed E-state index contributed by atoms with van der Waals surface area (Å²) in [5.74, 6) is -0.0517. The predicted molar refractivity (Wildman–Crippen MR) is 97.7 cm³/mol. The number of hydrogen-bond acceptors (Lipinski definition) is 6. The number of aromatic nitrogens is 3. The number of anilines is 1. The SMILES string of the molecule is C=CCn1c(SCC(=O)Nc2nccs2)nc2ccccc2c1=O. The fourth-order valence-electron chi connectivity index (χ4n) is 2.12. The molecule has 0 aliphatic rings. The quantitative estimate of drug-likeness (QED) is 0.416. The van der Waals surface area contributed by atoms with Crippen LogP contribution in [0.3, 0.4) is 0 Å². The number of thiazole rings is 1. The zero-order chi connectivity index (χ0) is 16.9. The van der Waals surface area contributed by atoms with Gasteiger partial charge in [0.05, 0.1) is 16.7 Å². The van der Waals surface area contributed by atoms with E-state index < -0.39 is 0 Å². The van der Waals surface area contributed by atoms with E-state index in [9.17, 15) is 9.59 Å². The predicted octanol–water partition coefficient (Wildman–Crippen LogP) is 2.77. The minimum Gasteiger partial charge on any atom is -0.301 e. The summed E-state index contributed by atoms with van der Waals surface area (Å²) in [6.45, 7) is 4.02. The molecule has 0 aliphatic heterocycles. The number of rotatable bonds is 6. The smallest absolute Gasteiger partial charge is 0.262 e. The van der Waals surface area contributed by atoms with Crippen LogP contribution in [0.1, 0.15) is 0 Å². The molecule has 0 atom stereocenters. The van der Waals surface area contributed by atoms with E-state index in [1.165, 1.54) is 27.7 Å². The van der Waals surface area contributed by atoms with E-state index in [-0.39, 0.29) is 17.2 Å². The highest BCUT2D eigenvalue weighted by Crippen LogP contribution is 2.19. The van der Waals surface area contributed by atoms with Crippen LogP contribution in [0.2, 0.25) is 0 Å². The molecule has 0 bridgehead atoms. The molecule has 2 aromatic heterocycles. The molecule has 24 heavy (non-hydrogen) atoms. The van der Waals surface area contributed by atoms with E-state index in [1.54, 1.807) is 35.9 Å². The molecule has 0 unspecified atom stereocenters. The van der Waals surface area contributed by atoms with Gasteiger partial charge in [0, 0.05) is 18.1 Å². The third-order valence-electron chi connectivity index (χ3n) is 3.15. The van der Waals surface area contributed by atoms with Crippen LogP contribution >= 0.6 is 23.1 Å². The molecule has 1 aromatic carbocycles. The molecule has 2 heterocycles. The van der Waals surface area contributed by atoms with Crippen LogP contribution < -0.4 is 10.9 Å². The van der Waals surface area contributed by atoms with E-state index >= 15 is 0 Å². The third kappa shape index (κ3) is 3.55. The van der Waals surface area contributed by atoms with E-state index in [1.807, 2.05) is 6.07 Å². The number of carbonyl (C=O) groups is 1. The molecule has 0 saturated heterocycles. The van der Waals surface area contributed by atoms with Gasteiger partial charge in [0.1, 0.15) is 0 Å². The largest absolute Gasteiger partial charge is 0.301 e. The first-order valence-electron chi connectivity index (χ1n) is 7.11. The van der Waals surface area contributed by atoms with Crippen molar-refractivity contribution in [3.63, 3.8) is 0 Å². The first-order chi connectivity index (χ1) is 11.7. The summed E-state index contributed by atoms with van der Waals surface area (Å²) < 4.78 is 1.52. The molecular formula is C16H14N4O2S2. The Labute approximate surface area is 146 Å². The molecular weight excluding hydrogens is 344 g/mol. The summed E-state index contributed by atoms with van der Waals surface area (Å²) in [6, 6.07) is 7.16. The summed E-state index contributed by atoms with van der Waals surface area (Å²) in [5.41, 5.74) is 0.481. The van der Waals surface area contributed by atoms with Gasteiger partial charge in [-0.25, -0.2) is 9.97 Å². The van der Waals surface area contributed by atoms with Crippen molar-refractivity contribution in [1.82, 2.24) is 14.5 Å². The number of fused-ring (bicyclic) bond motifs is 1. The number of allylic oxidation sites excluding steroid dienone is 1. The zero-order valence-corrected chi connectivity index (χ0v) is 14.3. The van der Waals surface area contributed by atoms with E-state index in [0.717, 1.165) is 0 Å². The van der Waals surface area contributed by atoms with E-state index in [4.69, 9.17) is 0 Å². The number of carbonyl (C=O) groups excluding carboxylic acids is 1. The standard InChI is InChI=1S/C16H14N4O2S2/c1-2-8-20-14(22)11-5-3-4-6-12(11)18-16(20)24-10-13(21)19-15-17-7-9-23-15/h2-7,9H,1,8,10H2,(H,17,19,21). The molecule has 6 nitrogen and oxygen atoms in total. The molecule has 0 fully saturated rings. The van der Waals surface area contributed by atoms with Crippen molar-refractivity contribution in [3.8, 4) is 0 Å². The topological polar surface area (TPSA) is 76.9 Å². The van der Waals surface area contributed by atoms with Crippen LogP contribution in [0.25, 0.3) is 10.9 Å². The van der Waals surface area contributed by atoms with Crippen molar-refractivity contribution in [2.45, 2.75) is 11.7 Å². The zero-order valence-electron chi connectivity index (χ0n) is 12.6. The lowest BCUT2D eigenvalue weighted by Gasteiger charge is -2.11. The number of hydrogen-bond donors (Lipinski definition) is 1. The summed E-state index contributed by atoms with van der Waals surface area (Å²) in [5, 5.41) is 6.09. The summed E-state index contributed by atoms with van der Waals surface area (Å²) in [7, 11) is 0. The molecule has 3 aromatic rings. The Hall–Kier alpha value is -2.45. The highest BCUT2D eigenvalue weighted by Gasteiger charge is 2.12. The maximum atomic E-state index is 12.6. The Morgan fingerprint density at radius 2 is 2.25 bits per heavy atom. The number of benzene rings is 1. The minimum absolute atomic E-state index is 0.136. The van der Waals surface area contributed by atoms with Crippen molar-refractivity contribution in [1.29, 1.82) is 0 Å². The normalized spacial score (nSPS) is 10.7. The lowest BCUT2D eigenvalue weighted by atomic mass is 10.2. The first-order valence-corrected chi connectivity index (χ1v) is 8.98. The molecule has 0 aliphatic carbocycles. The molecule has 1 N–H and O–H groups in total. The number of nitrogens with one attached hydrogen (secondary N) is 1. The highest BCUT2D eigenvalue weighted by atomic mass is 32.2. The van der Waals surface area contributed by atoms with Crippen LogP contribution in [0.15, 0.2) is 58.4 Å². The number of para-hydroxylation sites is 1. The lowest BCUT2D eigenvalue weighted by molar-refractivity contribution is -0.113. The fourth-order valence-corrected chi connectivity index (χ4v) is 3.47. The number of nitrogens with zero attached hydrogens (tertiary/aromatic N) is 3. The molecule has 0 saturated carbocycles. The van der Waals surface area contributed by atoms with Crippen molar-refractivity contribution in [2.24, 2.45) is 0 Å². The van der Waals surface area contributed by atoms with Gasteiger partial charge < -0.3 is 5.32 Å². The maximum Gasteiger partial charge on any atom is 0.262 e. The third-order valence-corrected chi connectivity index (χ3v) is 4.81. The van der Waals surface area contributed by atoms with Crippen molar-refractivity contribution >= 4 is 45.0 Å². The van der Waals surface area contributed by atoms with Crippen molar-refractivity contribution in [2.75, 3.05) is 11.1 Å². The van der Waals surface area contributed by atoms with Crippen LogP contribution in [0.5, 0.6) is 0 Å². The Bertz CT molecular complexity index is 935. The van der Waals surface area contributed by atoms with Crippen LogP contribution in [0, 0.1) is 0 Å². The van der Waals surface area contributed by atoms with Gasteiger partial charge in [-0.1, -0.05) is 30.0 Å². The van der Waals surface area contributed by atoms with Gasteiger partial charge in [0.2, 0.25) is 5.91 Å². The van der Waals surface area contributed by atoms with Crippen molar-refractivity contribution in [3.05, 3.63) is 58.9 Å². The average molecular weight is 358 g/mol. The number of amides is 1. The summed E-state index contributed by atoms with van der Waals surface area (Å²) >= 11 is 2.57. The van der Waals surface area contributed by atoms with Gasteiger partial charge in [-0.3, -0.25) is 14.2 Å². The van der Waals surface area contributed by atoms with Gasteiger partial charge in [0.25, 0.3) is 5.56 Å². The minimum atomic E-state index is -0.192. The van der Waals surface area contributed by atoms with E-state index in [2.05, 4.69) is 21.9 Å². The van der Waals surface area contributed by atoms with Crippen LogP contribution in [-0.4, -0.2) is 26.2 Å². The summed E-state index contributed by atoms with van der Waals surface area (Å²) in [6.07, 6.45) is 3.26. The monoisotopic (exact) mass is 358 g/mol. The van der Waals surface area contributed by atoms with Crippen molar-refractivity contribution < 1.29 is 4.79 Å². The second kappa shape index (κ2) is 7.41. The number of thioether (sulfide) groups is 1. The highest BCUT2D eigenvalue weighted by molar-refractivity contribution is 7.99. The maximum absolute atomic E-state index is 12.6. The molecule has 0 radical (unpaired) electrons. The van der Waals surface area contributed by atoms with Gasteiger partial charge in [0.15, 0.2) is 10.3 Å². The lowest BCUT2D eigenvalue weighted by Crippen LogP contribution is -2.23. The molecule has 1 amide bonds. The Kier molecular flexibility index (Phi) is 5.07. The molecule has 3 rings (SSSR count). The second-order valence-corrected chi connectivity index (χ2v) is 6.63. The van der Waals surface area contributed by atoms with Gasteiger partial charge in [-0.2, -0.15) is 0 Å². The fraction of sp³-hybridized carbons (Fsp3) is 0.125. The van der Waals surface area contributed by atoms with E-state index in [0.29, 0.717) is 27.7 Å².